The summed E-state index contributed by atoms with van der Waals surface area (Å²) in [6, 6.07) is 13.7. The Hall–Kier alpha value is -2.91. The SMILES string of the molecule is CSc1nsc(NC(=O)/C(C#N)=C\c2ccc(OS(=O)(=O)c3ccccc3)c(Cl)c2)n1. The van der Waals surface area contributed by atoms with E-state index in [2.05, 4.69) is 14.7 Å². The molecule has 0 atom stereocenters. The van der Waals surface area contributed by atoms with Crippen molar-refractivity contribution in [3.63, 3.8) is 0 Å². The molecule has 0 saturated carbocycles. The average molecular weight is 493 g/mol. The molecule has 1 heterocycles. The fraction of sp³-hybridized carbons (Fsp3) is 0.0526. The number of carbonyl (C=O) groups is 1. The van der Waals surface area contributed by atoms with Crippen LogP contribution in [0.25, 0.3) is 6.08 Å². The average Bonchev–Trinajstić information content (AvgIpc) is 3.22. The van der Waals surface area contributed by atoms with Crippen molar-refractivity contribution in [1.29, 1.82) is 5.26 Å². The molecule has 1 aromatic heterocycles. The van der Waals surface area contributed by atoms with Crippen LogP contribution in [0.2, 0.25) is 5.02 Å². The predicted octanol–water partition coefficient (Wildman–Crippen LogP) is 4.23. The largest absolute Gasteiger partial charge is 0.377 e. The molecule has 12 heteroatoms. The number of hydrogen-bond donors (Lipinski definition) is 1. The summed E-state index contributed by atoms with van der Waals surface area (Å²) in [5, 5.41) is 12.6. The molecular weight excluding hydrogens is 480 g/mol. The molecule has 8 nitrogen and oxygen atoms in total. The summed E-state index contributed by atoms with van der Waals surface area (Å²) in [5.41, 5.74) is 0.214. The highest BCUT2D eigenvalue weighted by Crippen LogP contribution is 2.29. The van der Waals surface area contributed by atoms with E-state index in [1.165, 1.54) is 48.2 Å². The number of nitriles is 1. The first-order chi connectivity index (χ1) is 14.8. The third kappa shape index (κ3) is 5.83. The summed E-state index contributed by atoms with van der Waals surface area (Å²) in [4.78, 5) is 16.4. The molecule has 0 radical (unpaired) electrons. The molecule has 1 N–H and O–H groups in total. The standard InChI is InChI=1S/C19H13ClN4O4S3/c1-29-19-23-18(30-24-19)22-17(25)13(11-21)9-12-7-8-16(15(20)10-12)28-31(26,27)14-5-3-2-4-6-14/h2-10H,1H3,(H,22,23,24,25)/b13-9-. The number of anilines is 1. The van der Waals surface area contributed by atoms with Gasteiger partial charge in [0.05, 0.1) is 5.02 Å². The Balaban J connectivity index is 1.78. The van der Waals surface area contributed by atoms with E-state index in [4.69, 9.17) is 15.8 Å². The maximum atomic E-state index is 12.3. The molecule has 2 aromatic carbocycles. The number of nitrogens with zero attached hydrogens (tertiary/aromatic N) is 3. The van der Waals surface area contributed by atoms with E-state index in [0.717, 1.165) is 11.5 Å². The summed E-state index contributed by atoms with van der Waals surface area (Å²) in [5.74, 6) is -0.738. The minimum Gasteiger partial charge on any atom is -0.377 e. The van der Waals surface area contributed by atoms with Gasteiger partial charge in [-0.25, -0.2) is 0 Å². The van der Waals surface area contributed by atoms with Crippen LogP contribution < -0.4 is 9.50 Å². The van der Waals surface area contributed by atoms with E-state index in [1.54, 1.807) is 24.5 Å². The number of rotatable bonds is 7. The Labute approximate surface area is 191 Å². The lowest BCUT2D eigenvalue weighted by atomic mass is 10.1. The smallest absolute Gasteiger partial charge is 0.339 e. The van der Waals surface area contributed by atoms with Crippen molar-refractivity contribution in [2.75, 3.05) is 11.6 Å². The van der Waals surface area contributed by atoms with Gasteiger partial charge in [0.25, 0.3) is 5.91 Å². The number of hydrogen-bond acceptors (Lipinski definition) is 9. The molecule has 0 aliphatic heterocycles. The van der Waals surface area contributed by atoms with Crippen LogP contribution in [0.5, 0.6) is 5.75 Å². The van der Waals surface area contributed by atoms with Crippen LogP contribution in [0.15, 0.2) is 64.2 Å². The minimum absolute atomic E-state index is 0.000287. The van der Waals surface area contributed by atoms with Crippen molar-refractivity contribution in [3.8, 4) is 11.8 Å². The summed E-state index contributed by atoms with van der Waals surface area (Å²) in [7, 11) is -4.05. The van der Waals surface area contributed by atoms with Gasteiger partial charge in [-0.2, -0.15) is 23.0 Å². The number of aromatic nitrogens is 2. The lowest BCUT2D eigenvalue weighted by molar-refractivity contribution is -0.112. The van der Waals surface area contributed by atoms with Crippen molar-refractivity contribution in [2.45, 2.75) is 10.1 Å². The van der Waals surface area contributed by atoms with Crippen LogP contribution in [0.3, 0.4) is 0 Å². The quantitative estimate of drug-likeness (QED) is 0.225. The highest BCUT2D eigenvalue weighted by Gasteiger charge is 2.18. The van der Waals surface area contributed by atoms with Crippen LogP contribution in [-0.4, -0.2) is 29.9 Å². The van der Waals surface area contributed by atoms with Gasteiger partial charge < -0.3 is 4.18 Å². The van der Waals surface area contributed by atoms with Crippen molar-refractivity contribution in [1.82, 2.24) is 9.36 Å². The van der Waals surface area contributed by atoms with Crippen LogP contribution >= 0.6 is 34.9 Å². The summed E-state index contributed by atoms with van der Waals surface area (Å²) < 4.78 is 33.8. The van der Waals surface area contributed by atoms with E-state index in [0.29, 0.717) is 10.7 Å². The van der Waals surface area contributed by atoms with Crippen LogP contribution in [0.4, 0.5) is 5.13 Å². The van der Waals surface area contributed by atoms with E-state index in [9.17, 15) is 18.5 Å². The number of halogens is 1. The normalized spacial score (nSPS) is 11.6. The zero-order valence-electron chi connectivity index (χ0n) is 15.8. The molecule has 0 unspecified atom stereocenters. The molecule has 3 aromatic rings. The Morgan fingerprint density at radius 2 is 2.03 bits per heavy atom. The van der Waals surface area contributed by atoms with Gasteiger partial charge >= 0.3 is 10.1 Å². The third-order valence-corrected chi connectivity index (χ3v) is 6.51. The summed E-state index contributed by atoms with van der Waals surface area (Å²) >= 11 is 8.48. The van der Waals surface area contributed by atoms with Crippen LogP contribution in [0.1, 0.15) is 5.56 Å². The Bertz CT molecular complexity index is 1280. The van der Waals surface area contributed by atoms with Gasteiger partial charge in [-0.15, -0.1) is 0 Å². The number of nitrogens with one attached hydrogen (secondary N) is 1. The predicted molar refractivity (Wildman–Crippen MR) is 120 cm³/mol. The molecule has 0 aliphatic carbocycles. The van der Waals surface area contributed by atoms with Gasteiger partial charge in [-0.05, 0) is 42.2 Å². The highest BCUT2D eigenvalue weighted by molar-refractivity contribution is 7.98. The van der Waals surface area contributed by atoms with E-state index in [1.807, 2.05) is 6.07 Å². The van der Waals surface area contributed by atoms with Crippen molar-refractivity contribution in [2.24, 2.45) is 0 Å². The molecule has 1 amide bonds. The zero-order valence-corrected chi connectivity index (χ0v) is 19.0. The number of benzene rings is 2. The Morgan fingerprint density at radius 1 is 1.29 bits per heavy atom. The van der Waals surface area contributed by atoms with E-state index >= 15 is 0 Å². The molecule has 0 saturated heterocycles. The third-order valence-electron chi connectivity index (χ3n) is 3.67. The second kappa shape index (κ2) is 9.93. The maximum Gasteiger partial charge on any atom is 0.339 e. The van der Waals surface area contributed by atoms with E-state index in [-0.39, 0.29) is 26.4 Å². The van der Waals surface area contributed by atoms with Crippen LogP contribution in [0, 0.1) is 11.3 Å². The first-order valence-corrected chi connectivity index (χ1v) is 12.2. The lowest BCUT2D eigenvalue weighted by Crippen LogP contribution is -2.13. The minimum atomic E-state index is -4.05. The molecule has 31 heavy (non-hydrogen) atoms. The van der Waals surface area contributed by atoms with Crippen molar-refractivity contribution >= 4 is 62.1 Å². The van der Waals surface area contributed by atoms with Gasteiger partial charge in [-0.1, -0.05) is 47.6 Å². The molecule has 0 fully saturated rings. The fourth-order valence-corrected chi connectivity index (χ4v) is 4.61. The molecule has 0 bridgehead atoms. The molecule has 3 rings (SSSR count). The molecule has 0 spiro atoms. The first-order valence-electron chi connectivity index (χ1n) is 8.42. The van der Waals surface area contributed by atoms with Gasteiger partial charge in [0.2, 0.25) is 10.3 Å². The molecular formula is C19H13ClN4O4S3. The maximum absolute atomic E-state index is 12.3. The number of carbonyl (C=O) groups excluding carboxylic acids is 1. The highest BCUT2D eigenvalue weighted by atomic mass is 35.5. The van der Waals surface area contributed by atoms with Crippen LogP contribution in [-0.2, 0) is 14.9 Å². The summed E-state index contributed by atoms with van der Waals surface area (Å²) in [6.07, 6.45) is 3.11. The number of amides is 1. The van der Waals surface area contributed by atoms with Gasteiger partial charge in [0, 0.05) is 11.5 Å². The van der Waals surface area contributed by atoms with Crippen molar-refractivity contribution < 1.29 is 17.4 Å². The van der Waals surface area contributed by atoms with Crippen molar-refractivity contribution in [3.05, 3.63) is 64.7 Å². The Kier molecular flexibility index (Phi) is 7.29. The first kappa shape index (κ1) is 22.8. The van der Waals surface area contributed by atoms with Gasteiger partial charge in [0.15, 0.2) is 5.75 Å². The topological polar surface area (TPSA) is 122 Å². The summed E-state index contributed by atoms with van der Waals surface area (Å²) in [6.45, 7) is 0. The van der Waals surface area contributed by atoms with Gasteiger partial charge in [-0.3, -0.25) is 10.1 Å². The second-order valence-corrected chi connectivity index (χ2v) is 9.23. The van der Waals surface area contributed by atoms with Gasteiger partial charge in [0.1, 0.15) is 16.5 Å². The fourth-order valence-electron chi connectivity index (χ4n) is 2.25. The number of thioether (sulfide) groups is 1. The monoisotopic (exact) mass is 492 g/mol. The van der Waals surface area contributed by atoms with E-state index < -0.39 is 16.0 Å². The Morgan fingerprint density at radius 3 is 2.65 bits per heavy atom. The zero-order chi connectivity index (χ0) is 22.4. The second-order valence-electron chi connectivity index (χ2n) is 5.75. The lowest BCUT2D eigenvalue weighted by Gasteiger charge is -2.09. The molecule has 158 valence electrons. The molecule has 0 aliphatic rings.